The van der Waals surface area contributed by atoms with Crippen molar-refractivity contribution in [2.75, 3.05) is 13.6 Å². The first-order chi connectivity index (χ1) is 16.1. The fourth-order valence-corrected chi connectivity index (χ4v) is 4.87. The summed E-state index contributed by atoms with van der Waals surface area (Å²) in [4.78, 5) is 15.4. The number of amides is 1. The van der Waals surface area contributed by atoms with Gasteiger partial charge in [0.1, 0.15) is 0 Å². The summed E-state index contributed by atoms with van der Waals surface area (Å²) in [6.45, 7) is 0.879. The predicted octanol–water partition coefficient (Wildman–Crippen LogP) is 5.71. The molecule has 180 valence electrons. The second-order valence-corrected chi connectivity index (χ2v) is 9.07. The summed E-state index contributed by atoms with van der Waals surface area (Å²) in [5.74, 6) is -0.633. The Hall–Kier alpha value is -2.84. The van der Waals surface area contributed by atoms with E-state index < -0.39 is 28.7 Å². The van der Waals surface area contributed by atoms with Crippen molar-refractivity contribution in [3.05, 3.63) is 76.6 Å². The fourth-order valence-electron chi connectivity index (χ4n) is 4.55. The van der Waals surface area contributed by atoms with Crippen LogP contribution in [0.1, 0.15) is 46.8 Å². The first-order valence-electron chi connectivity index (χ1n) is 11.1. The molecular weight excluding hydrogens is 465 g/mol. The van der Waals surface area contributed by atoms with Gasteiger partial charge in [0.2, 0.25) is 0 Å². The normalized spacial score (nSPS) is 18.0. The number of hydrogen-bond acceptors (Lipinski definition) is 3. The van der Waals surface area contributed by atoms with Crippen molar-refractivity contribution in [3.63, 3.8) is 0 Å². The molecule has 0 saturated carbocycles. The molecular formula is C25H26ClF3N4O. The molecule has 4 rings (SSSR count). The average Bonchev–Trinajstić information content (AvgIpc) is 3.24. The topological polar surface area (TPSA) is 50.2 Å². The predicted molar refractivity (Wildman–Crippen MR) is 126 cm³/mol. The number of nitrogens with one attached hydrogen (secondary N) is 1. The third-order valence-electron chi connectivity index (χ3n) is 6.33. The lowest BCUT2D eigenvalue weighted by atomic mass is 9.89. The van der Waals surface area contributed by atoms with E-state index in [-0.39, 0.29) is 11.6 Å². The number of benzene rings is 2. The van der Waals surface area contributed by atoms with Crippen molar-refractivity contribution in [1.29, 1.82) is 0 Å². The number of hydrogen-bond donors (Lipinski definition) is 1. The van der Waals surface area contributed by atoms with Crippen LogP contribution in [0.2, 0.25) is 5.02 Å². The summed E-state index contributed by atoms with van der Waals surface area (Å²) in [6.07, 6.45) is 1.95. The molecule has 9 heteroatoms. The molecule has 1 amide bonds. The van der Waals surface area contributed by atoms with Crippen LogP contribution in [0.4, 0.5) is 13.2 Å². The smallest absolute Gasteiger partial charge is 0.344 e. The number of likely N-dealkylation sites (tertiary alicyclic amines) is 1. The number of aryl methyl sites for hydroxylation is 1. The van der Waals surface area contributed by atoms with Crippen LogP contribution in [0.25, 0.3) is 11.1 Å². The van der Waals surface area contributed by atoms with Crippen molar-refractivity contribution in [3.8, 4) is 11.1 Å². The van der Waals surface area contributed by atoms with Gasteiger partial charge in [0, 0.05) is 24.8 Å². The molecule has 1 aliphatic heterocycles. The second-order valence-electron chi connectivity index (χ2n) is 8.69. The number of alkyl halides is 3. The largest absolute Gasteiger partial charge is 0.417 e. The molecule has 2 aromatic carbocycles. The summed E-state index contributed by atoms with van der Waals surface area (Å²) in [7, 11) is 3.84. The number of carbonyl (C=O) groups excluding carboxylic acids is 1. The van der Waals surface area contributed by atoms with Crippen LogP contribution in [0, 0.1) is 0 Å². The first-order valence-corrected chi connectivity index (χ1v) is 11.5. The molecule has 0 spiro atoms. The van der Waals surface area contributed by atoms with E-state index in [0.717, 1.165) is 48.6 Å². The van der Waals surface area contributed by atoms with Gasteiger partial charge in [-0.2, -0.15) is 18.3 Å². The third-order valence-corrected chi connectivity index (χ3v) is 6.74. The highest BCUT2D eigenvalue weighted by Gasteiger charge is 2.36. The number of nitrogens with zero attached hydrogens (tertiary/aromatic N) is 3. The average molecular weight is 491 g/mol. The maximum absolute atomic E-state index is 13.3. The lowest BCUT2D eigenvalue weighted by Gasteiger charge is -2.38. The van der Waals surface area contributed by atoms with Crippen molar-refractivity contribution < 1.29 is 18.0 Å². The van der Waals surface area contributed by atoms with E-state index in [1.807, 2.05) is 44.6 Å². The number of carbonyl (C=O) groups is 1. The molecule has 1 N–H and O–H groups in total. The Bertz CT molecular complexity index is 1180. The van der Waals surface area contributed by atoms with Gasteiger partial charge in [0.25, 0.3) is 5.91 Å². The van der Waals surface area contributed by atoms with Crippen LogP contribution in [-0.4, -0.2) is 40.2 Å². The van der Waals surface area contributed by atoms with Crippen molar-refractivity contribution in [2.45, 2.75) is 37.5 Å². The van der Waals surface area contributed by atoms with E-state index in [9.17, 15) is 18.0 Å². The number of rotatable bonds is 5. The minimum absolute atomic E-state index is 0.00794. The molecule has 34 heavy (non-hydrogen) atoms. The molecule has 5 nitrogen and oxygen atoms in total. The molecule has 0 radical (unpaired) electrons. The second kappa shape index (κ2) is 9.80. The van der Waals surface area contributed by atoms with Crippen LogP contribution >= 0.6 is 11.6 Å². The monoisotopic (exact) mass is 490 g/mol. The van der Waals surface area contributed by atoms with Gasteiger partial charge in [0.05, 0.1) is 28.4 Å². The van der Waals surface area contributed by atoms with Crippen LogP contribution in [0.5, 0.6) is 0 Å². The highest BCUT2D eigenvalue weighted by atomic mass is 35.5. The van der Waals surface area contributed by atoms with Gasteiger partial charge in [-0.3, -0.25) is 9.48 Å². The molecule has 3 aromatic rings. The molecule has 0 unspecified atom stereocenters. The summed E-state index contributed by atoms with van der Waals surface area (Å²) in [5.41, 5.74) is 1.54. The Labute approximate surface area is 201 Å². The maximum atomic E-state index is 13.3. The van der Waals surface area contributed by atoms with Crippen molar-refractivity contribution in [1.82, 2.24) is 20.0 Å². The number of likely N-dealkylation sites (N-methyl/N-ethyl adjacent to an activating group) is 1. The van der Waals surface area contributed by atoms with Crippen LogP contribution in [0.15, 0.2) is 54.9 Å². The molecule has 1 aliphatic rings. The van der Waals surface area contributed by atoms with Gasteiger partial charge in [-0.15, -0.1) is 0 Å². The minimum Gasteiger partial charge on any atom is -0.344 e. The van der Waals surface area contributed by atoms with E-state index in [2.05, 4.69) is 15.3 Å². The molecule has 1 fully saturated rings. The summed E-state index contributed by atoms with van der Waals surface area (Å²) < 4.78 is 41.7. The van der Waals surface area contributed by atoms with Gasteiger partial charge >= 0.3 is 6.18 Å². The first kappa shape index (κ1) is 24.3. The zero-order valence-corrected chi connectivity index (χ0v) is 19.7. The van der Waals surface area contributed by atoms with Crippen molar-refractivity contribution >= 4 is 17.5 Å². The summed E-state index contributed by atoms with van der Waals surface area (Å²) >= 11 is 6.04. The van der Waals surface area contributed by atoms with E-state index in [4.69, 9.17) is 11.6 Å². The zero-order valence-electron chi connectivity index (χ0n) is 18.9. The molecule has 0 bridgehead atoms. The summed E-state index contributed by atoms with van der Waals surface area (Å²) in [5, 5.41) is 6.64. The molecule has 1 aromatic heterocycles. The van der Waals surface area contributed by atoms with Gasteiger partial charge < -0.3 is 10.2 Å². The highest BCUT2D eigenvalue weighted by molar-refractivity contribution is 6.34. The molecule has 0 aliphatic carbocycles. The number of aromatic nitrogens is 2. The highest BCUT2D eigenvalue weighted by Crippen LogP contribution is 2.37. The molecule has 2 atom stereocenters. The minimum atomic E-state index is -4.64. The fraction of sp³-hybridized carbons (Fsp3) is 0.360. The SMILES string of the molecule is CN1CCCC[C@H]1[C@@H](NC(=O)c1cccc(C(F)(F)F)c1Cl)c1cccc(-c2cnn(C)c2)c1. The third kappa shape index (κ3) is 5.13. The standard InChI is InChI=1S/C25H26ClF3N4O/c1-32-12-4-3-11-21(32)23(17-8-5-7-16(13-17)18-14-30-33(2)15-18)31-24(34)19-9-6-10-20(22(19)26)25(27,28)29/h5-10,13-15,21,23H,3-4,11-12H2,1-2H3,(H,31,34)/t21-,23-/m0/s1. The van der Waals surface area contributed by atoms with Gasteiger partial charge in [-0.05, 0) is 55.8 Å². The van der Waals surface area contributed by atoms with Crippen molar-refractivity contribution in [2.24, 2.45) is 7.05 Å². The Morgan fingerprint density at radius 1 is 1.15 bits per heavy atom. The van der Waals surface area contributed by atoms with Crippen LogP contribution in [0.3, 0.4) is 0 Å². The molecule has 1 saturated heterocycles. The van der Waals surface area contributed by atoms with Crippen LogP contribution < -0.4 is 5.32 Å². The Balaban J connectivity index is 1.70. The zero-order chi connectivity index (χ0) is 24.5. The summed E-state index contributed by atoms with van der Waals surface area (Å²) in [6, 6.07) is 10.8. The number of halogens is 4. The maximum Gasteiger partial charge on any atom is 0.417 e. The van der Waals surface area contributed by atoms with Crippen LogP contribution in [-0.2, 0) is 13.2 Å². The quantitative estimate of drug-likeness (QED) is 0.498. The Morgan fingerprint density at radius 2 is 1.91 bits per heavy atom. The van der Waals surface area contributed by atoms with Gasteiger partial charge in [-0.1, -0.05) is 42.3 Å². The van der Waals surface area contributed by atoms with E-state index in [1.54, 1.807) is 10.9 Å². The van der Waals surface area contributed by atoms with E-state index in [0.29, 0.717) is 0 Å². The van der Waals surface area contributed by atoms with E-state index in [1.165, 1.54) is 12.1 Å². The lowest BCUT2D eigenvalue weighted by Crippen LogP contribution is -2.47. The Morgan fingerprint density at radius 3 is 2.59 bits per heavy atom. The van der Waals surface area contributed by atoms with Gasteiger partial charge in [-0.25, -0.2) is 0 Å². The van der Waals surface area contributed by atoms with Gasteiger partial charge in [0.15, 0.2) is 0 Å². The number of piperidine rings is 1. The lowest BCUT2D eigenvalue weighted by molar-refractivity contribution is -0.137. The molecule has 2 heterocycles. The Kier molecular flexibility index (Phi) is 7.00. The van der Waals surface area contributed by atoms with E-state index >= 15 is 0 Å².